The van der Waals surface area contributed by atoms with Gasteiger partial charge in [0.25, 0.3) is 0 Å². The topological polar surface area (TPSA) is 47.6 Å². The first-order chi connectivity index (χ1) is 10.2. The lowest BCUT2D eigenvalue weighted by molar-refractivity contribution is -0.116. The molecule has 1 amide bonds. The molecule has 4 heteroatoms. The zero-order valence-corrected chi connectivity index (χ0v) is 12.3. The summed E-state index contributed by atoms with van der Waals surface area (Å²) in [7, 11) is 1.63. The number of hydrogen-bond acceptors (Lipinski definition) is 3. The number of ether oxygens (including phenoxy) is 2. The van der Waals surface area contributed by atoms with E-state index in [0.717, 1.165) is 23.6 Å². The Morgan fingerprint density at radius 2 is 1.48 bits per heavy atom. The fourth-order valence-electron chi connectivity index (χ4n) is 1.84. The molecular formula is C17H19NO3. The highest BCUT2D eigenvalue weighted by molar-refractivity contribution is 5.90. The van der Waals surface area contributed by atoms with Crippen molar-refractivity contribution in [3.63, 3.8) is 0 Å². The second kappa shape index (κ2) is 7.33. The number of nitrogens with one attached hydrogen (secondary N) is 1. The summed E-state index contributed by atoms with van der Waals surface area (Å²) in [4.78, 5) is 11.5. The number of carbonyl (C=O) groups is 1. The van der Waals surface area contributed by atoms with Gasteiger partial charge in [-0.2, -0.15) is 0 Å². The molecule has 0 aromatic heterocycles. The predicted molar refractivity (Wildman–Crippen MR) is 83.0 cm³/mol. The van der Waals surface area contributed by atoms with Crippen molar-refractivity contribution in [1.29, 1.82) is 0 Å². The van der Waals surface area contributed by atoms with Gasteiger partial charge < -0.3 is 14.8 Å². The van der Waals surface area contributed by atoms with Gasteiger partial charge in [0.2, 0.25) is 5.91 Å². The molecule has 0 bridgehead atoms. The first kappa shape index (κ1) is 14.9. The van der Waals surface area contributed by atoms with E-state index in [-0.39, 0.29) is 5.91 Å². The Hall–Kier alpha value is -2.49. The van der Waals surface area contributed by atoms with Crippen LogP contribution in [0.25, 0.3) is 0 Å². The van der Waals surface area contributed by atoms with Crippen LogP contribution < -0.4 is 14.8 Å². The van der Waals surface area contributed by atoms with E-state index in [1.54, 1.807) is 7.11 Å². The van der Waals surface area contributed by atoms with Crippen molar-refractivity contribution in [1.82, 2.24) is 0 Å². The smallest absolute Gasteiger partial charge is 0.224 e. The SMILES string of the molecule is CCCC(=O)Nc1ccc(Oc2ccc(OC)cc2)cc1. The van der Waals surface area contributed by atoms with Gasteiger partial charge in [-0.15, -0.1) is 0 Å². The van der Waals surface area contributed by atoms with E-state index in [9.17, 15) is 4.79 Å². The molecule has 2 aromatic carbocycles. The second-order valence-corrected chi connectivity index (χ2v) is 4.60. The third kappa shape index (κ3) is 4.53. The van der Waals surface area contributed by atoms with Crippen LogP contribution in [0.2, 0.25) is 0 Å². The van der Waals surface area contributed by atoms with Gasteiger partial charge >= 0.3 is 0 Å². The molecule has 0 aliphatic carbocycles. The minimum absolute atomic E-state index is 0.0290. The minimum Gasteiger partial charge on any atom is -0.497 e. The van der Waals surface area contributed by atoms with Crippen molar-refractivity contribution in [3.8, 4) is 17.2 Å². The molecule has 0 heterocycles. The molecule has 0 atom stereocenters. The number of methoxy groups -OCH3 is 1. The van der Waals surface area contributed by atoms with E-state index in [4.69, 9.17) is 9.47 Å². The van der Waals surface area contributed by atoms with Gasteiger partial charge in [0.15, 0.2) is 0 Å². The number of carbonyl (C=O) groups excluding carboxylic acids is 1. The lowest BCUT2D eigenvalue weighted by Crippen LogP contribution is -2.10. The summed E-state index contributed by atoms with van der Waals surface area (Å²) < 4.78 is 10.8. The van der Waals surface area contributed by atoms with Crippen LogP contribution in [-0.2, 0) is 4.79 Å². The van der Waals surface area contributed by atoms with Crippen LogP contribution in [-0.4, -0.2) is 13.0 Å². The molecule has 0 unspecified atom stereocenters. The van der Waals surface area contributed by atoms with E-state index in [2.05, 4.69) is 5.32 Å². The van der Waals surface area contributed by atoms with Crippen molar-refractivity contribution < 1.29 is 14.3 Å². The number of amides is 1. The number of anilines is 1. The maximum atomic E-state index is 11.5. The summed E-state index contributed by atoms with van der Waals surface area (Å²) in [5.41, 5.74) is 0.774. The summed E-state index contributed by atoms with van der Waals surface area (Å²) in [6.07, 6.45) is 1.37. The molecular weight excluding hydrogens is 266 g/mol. The van der Waals surface area contributed by atoms with Crippen molar-refractivity contribution >= 4 is 11.6 Å². The summed E-state index contributed by atoms with van der Waals surface area (Å²) in [6.45, 7) is 1.98. The molecule has 0 saturated carbocycles. The standard InChI is InChI=1S/C17H19NO3/c1-3-4-17(19)18-13-5-7-15(8-6-13)21-16-11-9-14(20-2)10-12-16/h5-12H,3-4H2,1-2H3,(H,18,19). The highest BCUT2D eigenvalue weighted by atomic mass is 16.5. The molecule has 0 fully saturated rings. The highest BCUT2D eigenvalue weighted by Gasteiger charge is 2.02. The van der Waals surface area contributed by atoms with Gasteiger partial charge in [-0.05, 0) is 55.0 Å². The van der Waals surface area contributed by atoms with Crippen LogP contribution in [0.5, 0.6) is 17.2 Å². The Balaban J connectivity index is 1.96. The van der Waals surface area contributed by atoms with E-state index >= 15 is 0 Å². The van der Waals surface area contributed by atoms with E-state index in [0.29, 0.717) is 12.2 Å². The largest absolute Gasteiger partial charge is 0.497 e. The Morgan fingerprint density at radius 1 is 0.952 bits per heavy atom. The zero-order chi connectivity index (χ0) is 15.1. The first-order valence-corrected chi connectivity index (χ1v) is 6.93. The molecule has 110 valence electrons. The molecule has 2 rings (SSSR count). The average Bonchev–Trinajstić information content (AvgIpc) is 2.50. The monoisotopic (exact) mass is 285 g/mol. The van der Waals surface area contributed by atoms with Crippen LogP contribution in [0.1, 0.15) is 19.8 Å². The molecule has 0 spiro atoms. The molecule has 2 aromatic rings. The first-order valence-electron chi connectivity index (χ1n) is 6.93. The minimum atomic E-state index is 0.0290. The van der Waals surface area contributed by atoms with Gasteiger partial charge in [-0.1, -0.05) is 6.92 Å². The number of benzene rings is 2. The van der Waals surface area contributed by atoms with Crippen LogP contribution in [0, 0.1) is 0 Å². The van der Waals surface area contributed by atoms with Crippen molar-refractivity contribution in [2.75, 3.05) is 12.4 Å². The molecule has 21 heavy (non-hydrogen) atoms. The molecule has 0 aliphatic heterocycles. The maximum Gasteiger partial charge on any atom is 0.224 e. The maximum absolute atomic E-state index is 11.5. The summed E-state index contributed by atoms with van der Waals surface area (Å²) in [5.74, 6) is 2.27. The Bertz CT molecular complexity index is 576. The third-order valence-electron chi connectivity index (χ3n) is 2.91. The lowest BCUT2D eigenvalue weighted by atomic mass is 10.2. The highest BCUT2D eigenvalue weighted by Crippen LogP contribution is 2.24. The van der Waals surface area contributed by atoms with Gasteiger partial charge in [0.05, 0.1) is 7.11 Å². The van der Waals surface area contributed by atoms with Crippen LogP contribution in [0.4, 0.5) is 5.69 Å². The molecule has 0 radical (unpaired) electrons. The number of rotatable bonds is 6. The van der Waals surface area contributed by atoms with Crippen molar-refractivity contribution in [2.24, 2.45) is 0 Å². The van der Waals surface area contributed by atoms with Crippen molar-refractivity contribution in [2.45, 2.75) is 19.8 Å². The van der Waals surface area contributed by atoms with E-state index in [1.807, 2.05) is 55.5 Å². The zero-order valence-electron chi connectivity index (χ0n) is 12.3. The predicted octanol–water partition coefficient (Wildman–Crippen LogP) is 4.23. The van der Waals surface area contributed by atoms with Gasteiger partial charge in [-0.25, -0.2) is 0 Å². The summed E-state index contributed by atoms with van der Waals surface area (Å²) in [5, 5.41) is 2.84. The summed E-state index contributed by atoms with van der Waals surface area (Å²) >= 11 is 0. The Labute approximate surface area is 124 Å². The Kier molecular flexibility index (Phi) is 5.21. The second-order valence-electron chi connectivity index (χ2n) is 4.60. The quantitative estimate of drug-likeness (QED) is 0.864. The van der Waals surface area contributed by atoms with Crippen LogP contribution in [0.3, 0.4) is 0 Å². The lowest BCUT2D eigenvalue weighted by Gasteiger charge is -2.08. The van der Waals surface area contributed by atoms with Gasteiger partial charge in [0, 0.05) is 12.1 Å². The molecule has 0 aliphatic rings. The van der Waals surface area contributed by atoms with Crippen LogP contribution >= 0.6 is 0 Å². The Morgan fingerprint density at radius 3 is 2.00 bits per heavy atom. The van der Waals surface area contributed by atoms with E-state index < -0.39 is 0 Å². The van der Waals surface area contributed by atoms with Gasteiger partial charge in [0.1, 0.15) is 17.2 Å². The summed E-state index contributed by atoms with van der Waals surface area (Å²) in [6, 6.07) is 14.7. The van der Waals surface area contributed by atoms with Crippen molar-refractivity contribution in [3.05, 3.63) is 48.5 Å². The molecule has 4 nitrogen and oxygen atoms in total. The molecule has 0 saturated heterocycles. The van der Waals surface area contributed by atoms with Gasteiger partial charge in [-0.3, -0.25) is 4.79 Å². The number of hydrogen-bond donors (Lipinski definition) is 1. The fourth-order valence-corrected chi connectivity index (χ4v) is 1.84. The average molecular weight is 285 g/mol. The molecule has 1 N–H and O–H groups in total. The van der Waals surface area contributed by atoms with Crippen LogP contribution in [0.15, 0.2) is 48.5 Å². The normalized spacial score (nSPS) is 10.0. The van der Waals surface area contributed by atoms with E-state index in [1.165, 1.54) is 0 Å². The third-order valence-corrected chi connectivity index (χ3v) is 2.91. The fraction of sp³-hybridized carbons (Fsp3) is 0.235.